The molecule has 0 amide bonds. The fraction of sp³-hybridized carbons (Fsp3) is 0.600. The summed E-state index contributed by atoms with van der Waals surface area (Å²) in [5.74, 6) is 0.975. The van der Waals surface area contributed by atoms with Crippen molar-refractivity contribution < 1.29 is 4.74 Å². The van der Waals surface area contributed by atoms with Crippen LogP contribution in [0.1, 0.15) is 32.3 Å². The zero-order chi connectivity index (χ0) is 12.1. The smallest absolute Gasteiger partial charge is 0.119 e. The minimum absolute atomic E-state index is 0.422. The lowest BCUT2D eigenvalue weighted by Gasteiger charge is -2.34. The van der Waals surface area contributed by atoms with Crippen molar-refractivity contribution >= 4 is 0 Å². The van der Waals surface area contributed by atoms with Gasteiger partial charge in [0.2, 0.25) is 0 Å². The number of benzene rings is 1. The van der Waals surface area contributed by atoms with Crippen LogP contribution < -0.4 is 10.1 Å². The first-order valence-electron chi connectivity index (χ1n) is 6.64. The third kappa shape index (κ3) is 3.47. The van der Waals surface area contributed by atoms with Crippen LogP contribution in [0.3, 0.4) is 0 Å². The highest BCUT2D eigenvalue weighted by Gasteiger charge is 2.26. The van der Waals surface area contributed by atoms with E-state index in [1.165, 1.54) is 24.9 Å². The third-order valence-electron chi connectivity index (χ3n) is 3.55. The molecular weight excluding hydrogens is 210 g/mol. The first kappa shape index (κ1) is 12.4. The molecule has 1 heterocycles. The van der Waals surface area contributed by atoms with E-state index in [9.17, 15) is 0 Å². The number of nitrogens with one attached hydrogen (secondary N) is 1. The van der Waals surface area contributed by atoms with Gasteiger partial charge in [-0.15, -0.1) is 0 Å². The molecule has 2 heteroatoms. The Hall–Kier alpha value is -1.02. The average molecular weight is 233 g/mol. The maximum atomic E-state index is 5.46. The Morgan fingerprint density at radius 2 is 2.06 bits per heavy atom. The molecule has 1 saturated heterocycles. The van der Waals surface area contributed by atoms with Gasteiger partial charge in [-0.25, -0.2) is 0 Å². The number of hydrogen-bond donors (Lipinski definition) is 1. The number of rotatable bonds is 4. The summed E-state index contributed by atoms with van der Waals surface area (Å²) in [6, 6.07) is 8.56. The number of ether oxygens (including phenoxy) is 1. The fourth-order valence-corrected chi connectivity index (χ4v) is 2.63. The van der Waals surface area contributed by atoms with Crippen LogP contribution in [0.4, 0.5) is 0 Å². The highest BCUT2D eigenvalue weighted by atomic mass is 16.5. The molecule has 2 rings (SSSR count). The molecule has 1 aliphatic heterocycles. The monoisotopic (exact) mass is 233 g/mol. The van der Waals surface area contributed by atoms with Crippen LogP contribution in [-0.2, 0) is 6.42 Å². The summed E-state index contributed by atoms with van der Waals surface area (Å²) in [7, 11) is 0. The van der Waals surface area contributed by atoms with Gasteiger partial charge >= 0.3 is 0 Å². The predicted octanol–water partition coefficient (Wildman–Crippen LogP) is 3.02. The van der Waals surface area contributed by atoms with Crippen molar-refractivity contribution in [2.24, 2.45) is 5.41 Å². The second-order valence-electron chi connectivity index (χ2n) is 5.34. The maximum Gasteiger partial charge on any atom is 0.119 e. The van der Waals surface area contributed by atoms with Gasteiger partial charge in [-0.05, 0) is 55.8 Å². The minimum Gasteiger partial charge on any atom is -0.494 e. The van der Waals surface area contributed by atoms with E-state index in [0.717, 1.165) is 25.3 Å². The molecule has 1 fully saturated rings. The van der Waals surface area contributed by atoms with Gasteiger partial charge < -0.3 is 10.1 Å². The Kier molecular flexibility index (Phi) is 4.06. The topological polar surface area (TPSA) is 21.3 Å². The van der Waals surface area contributed by atoms with E-state index in [1.54, 1.807) is 0 Å². The van der Waals surface area contributed by atoms with Gasteiger partial charge in [0.15, 0.2) is 0 Å². The number of hydrogen-bond acceptors (Lipinski definition) is 2. The van der Waals surface area contributed by atoms with Crippen molar-refractivity contribution in [3.05, 3.63) is 29.8 Å². The van der Waals surface area contributed by atoms with E-state index >= 15 is 0 Å². The van der Waals surface area contributed by atoms with Crippen molar-refractivity contribution in [1.29, 1.82) is 0 Å². The Bertz CT molecular complexity index is 338. The molecule has 0 bridgehead atoms. The SMILES string of the molecule is CCOc1ccc(CC2(C)CCCNC2)cc1. The van der Waals surface area contributed by atoms with Crippen molar-refractivity contribution in [3.8, 4) is 5.75 Å². The lowest BCUT2D eigenvalue weighted by atomic mass is 9.78. The molecule has 0 radical (unpaired) electrons. The van der Waals surface area contributed by atoms with Crippen LogP contribution in [0, 0.1) is 5.41 Å². The highest BCUT2D eigenvalue weighted by molar-refractivity contribution is 5.28. The minimum atomic E-state index is 0.422. The summed E-state index contributed by atoms with van der Waals surface area (Å²) in [4.78, 5) is 0. The van der Waals surface area contributed by atoms with Gasteiger partial charge in [0.1, 0.15) is 5.75 Å². The van der Waals surface area contributed by atoms with Crippen LogP contribution in [-0.4, -0.2) is 19.7 Å². The van der Waals surface area contributed by atoms with E-state index in [0.29, 0.717) is 5.41 Å². The largest absolute Gasteiger partial charge is 0.494 e. The Morgan fingerprint density at radius 1 is 1.29 bits per heavy atom. The van der Waals surface area contributed by atoms with Crippen molar-refractivity contribution in [2.45, 2.75) is 33.1 Å². The Morgan fingerprint density at radius 3 is 2.65 bits per heavy atom. The van der Waals surface area contributed by atoms with Crippen LogP contribution in [0.25, 0.3) is 0 Å². The van der Waals surface area contributed by atoms with Crippen LogP contribution in [0.15, 0.2) is 24.3 Å². The lowest BCUT2D eigenvalue weighted by Crippen LogP contribution is -2.39. The summed E-state index contributed by atoms with van der Waals surface area (Å²) in [6.07, 6.45) is 3.78. The molecule has 1 aliphatic rings. The molecule has 1 atom stereocenters. The molecule has 0 saturated carbocycles. The maximum absolute atomic E-state index is 5.46. The lowest BCUT2D eigenvalue weighted by molar-refractivity contribution is 0.234. The van der Waals surface area contributed by atoms with E-state index in [2.05, 4.69) is 36.5 Å². The predicted molar refractivity (Wildman–Crippen MR) is 71.5 cm³/mol. The second kappa shape index (κ2) is 5.54. The summed E-state index contributed by atoms with van der Waals surface area (Å²) in [5.41, 5.74) is 1.84. The molecule has 0 aromatic heterocycles. The zero-order valence-electron chi connectivity index (χ0n) is 11.0. The first-order chi connectivity index (χ1) is 8.22. The molecular formula is C15H23NO. The molecule has 17 heavy (non-hydrogen) atoms. The van der Waals surface area contributed by atoms with Gasteiger partial charge in [0, 0.05) is 6.54 Å². The first-order valence-corrected chi connectivity index (χ1v) is 6.64. The van der Waals surface area contributed by atoms with Crippen LogP contribution in [0.5, 0.6) is 5.75 Å². The van der Waals surface area contributed by atoms with Gasteiger partial charge in [-0.1, -0.05) is 19.1 Å². The Labute approximate surface area is 104 Å². The van der Waals surface area contributed by atoms with E-state index in [-0.39, 0.29) is 0 Å². The fourth-order valence-electron chi connectivity index (χ4n) is 2.63. The van der Waals surface area contributed by atoms with Gasteiger partial charge in [0.25, 0.3) is 0 Å². The Balaban J connectivity index is 1.97. The molecule has 1 aromatic rings. The summed E-state index contributed by atoms with van der Waals surface area (Å²) in [5, 5.41) is 3.50. The summed E-state index contributed by atoms with van der Waals surface area (Å²) < 4.78 is 5.46. The molecule has 0 aliphatic carbocycles. The van der Waals surface area contributed by atoms with E-state index in [1.807, 2.05) is 6.92 Å². The quantitative estimate of drug-likeness (QED) is 0.863. The third-order valence-corrected chi connectivity index (χ3v) is 3.55. The van der Waals surface area contributed by atoms with E-state index in [4.69, 9.17) is 4.74 Å². The van der Waals surface area contributed by atoms with Gasteiger partial charge in [-0.2, -0.15) is 0 Å². The van der Waals surface area contributed by atoms with Gasteiger partial charge in [-0.3, -0.25) is 0 Å². The number of piperidine rings is 1. The molecule has 94 valence electrons. The summed E-state index contributed by atoms with van der Waals surface area (Å²) in [6.45, 7) is 7.46. The summed E-state index contributed by atoms with van der Waals surface area (Å²) >= 11 is 0. The van der Waals surface area contributed by atoms with Crippen LogP contribution in [0.2, 0.25) is 0 Å². The molecule has 1 unspecified atom stereocenters. The average Bonchev–Trinajstić information content (AvgIpc) is 2.33. The van der Waals surface area contributed by atoms with E-state index < -0.39 is 0 Å². The van der Waals surface area contributed by atoms with Crippen LogP contribution >= 0.6 is 0 Å². The molecule has 1 N–H and O–H groups in total. The van der Waals surface area contributed by atoms with Gasteiger partial charge in [0.05, 0.1) is 6.61 Å². The molecule has 0 spiro atoms. The standard InChI is InChI=1S/C15H23NO/c1-3-17-14-7-5-13(6-8-14)11-15(2)9-4-10-16-12-15/h5-8,16H,3-4,9-12H2,1-2H3. The molecule has 1 aromatic carbocycles. The van der Waals surface area contributed by atoms with Crippen molar-refractivity contribution in [2.75, 3.05) is 19.7 Å². The van der Waals surface area contributed by atoms with Crippen molar-refractivity contribution in [1.82, 2.24) is 5.32 Å². The highest BCUT2D eigenvalue weighted by Crippen LogP contribution is 2.30. The molecule has 2 nitrogen and oxygen atoms in total. The zero-order valence-corrected chi connectivity index (χ0v) is 11.0. The second-order valence-corrected chi connectivity index (χ2v) is 5.34. The van der Waals surface area contributed by atoms with Crippen molar-refractivity contribution in [3.63, 3.8) is 0 Å². The normalized spacial score (nSPS) is 24.6.